The van der Waals surface area contributed by atoms with Crippen LogP contribution in [0.15, 0.2) is 97.1 Å². The molecule has 9 heteroatoms. The lowest BCUT2D eigenvalue weighted by Crippen LogP contribution is -2.54. The van der Waals surface area contributed by atoms with Crippen molar-refractivity contribution in [3.63, 3.8) is 0 Å². The van der Waals surface area contributed by atoms with E-state index in [0.29, 0.717) is 11.1 Å². The Hall–Kier alpha value is -4.24. The first-order valence-corrected chi connectivity index (χ1v) is 16.4. The van der Waals surface area contributed by atoms with Crippen molar-refractivity contribution >= 4 is 38.3 Å². The predicted molar refractivity (Wildman–Crippen MR) is 167 cm³/mol. The molecule has 0 bridgehead atoms. The highest BCUT2D eigenvalue weighted by molar-refractivity contribution is 7.92. The van der Waals surface area contributed by atoms with Gasteiger partial charge in [0.15, 0.2) is 0 Å². The minimum absolute atomic E-state index is 0.000567. The molecule has 0 unspecified atom stereocenters. The molecule has 0 radical (unpaired) electrons. The van der Waals surface area contributed by atoms with Crippen LogP contribution in [0.25, 0.3) is 10.8 Å². The zero-order valence-electron chi connectivity index (χ0n) is 24.2. The molecular weight excluding hydrogens is 565 g/mol. The SMILES string of the molecule is CS(=O)(=O)N(CC(=O)N(Cc1ccccc1F)[C@@H](Cc1ccccc1)C(=O)NC1CCCC1)c1cccc2ccccc12. The van der Waals surface area contributed by atoms with Gasteiger partial charge in [0.1, 0.15) is 18.4 Å². The number of nitrogens with zero attached hydrogens (tertiary/aromatic N) is 2. The molecule has 0 spiro atoms. The molecule has 1 aliphatic rings. The molecule has 43 heavy (non-hydrogen) atoms. The minimum atomic E-state index is -3.93. The van der Waals surface area contributed by atoms with Crippen LogP contribution >= 0.6 is 0 Å². The van der Waals surface area contributed by atoms with Crippen LogP contribution in [0.4, 0.5) is 10.1 Å². The van der Waals surface area contributed by atoms with Gasteiger partial charge in [-0.05, 0) is 35.9 Å². The van der Waals surface area contributed by atoms with Crippen LogP contribution in [0.1, 0.15) is 36.8 Å². The number of hydrogen-bond acceptors (Lipinski definition) is 4. The number of hydrogen-bond donors (Lipinski definition) is 1. The molecule has 0 aliphatic heterocycles. The van der Waals surface area contributed by atoms with Crippen molar-refractivity contribution < 1.29 is 22.4 Å². The van der Waals surface area contributed by atoms with Gasteiger partial charge >= 0.3 is 0 Å². The van der Waals surface area contributed by atoms with Crippen molar-refractivity contribution in [1.82, 2.24) is 10.2 Å². The molecule has 1 atom stereocenters. The van der Waals surface area contributed by atoms with Crippen LogP contribution in [0.3, 0.4) is 0 Å². The third-order valence-electron chi connectivity index (χ3n) is 7.99. The van der Waals surface area contributed by atoms with E-state index in [1.54, 1.807) is 36.4 Å². The molecule has 224 valence electrons. The molecule has 0 heterocycles. The lowest BCUT2D eigenvalue weighted by molar-refractivity contribution is -0.140. The number of nitrogens with one attached hydrogen (secondary N) is 1. The van der Waals surface area contributed by atoms with Crippen LogP contribution in [0.2, 0.25) is 0 Å². The van der Waals surface area contributed by atoms with E-state index >= 15 is 0 Å². The summed E-state index contributed by atoms with van der Waals surface area (Å²) >= 11 is 0. The fourth-order valence-corrected chi connectivity index (χ4v) is 6.61. The van der Waals surface area contributed by atoms with Crippen LogP contribution in [0, 0.1) is 5.82 Å². The Morgan fingerprint density at radius 1 is 0.884 bits per heavy atom. The Balaban J connectivity index is 1.55. The molecule has 2 amide bonds. The zero-order chi connectivity index (χ0) is 30.4. The van der Waals surface area contributed by atoms with Gasteiger partial charge in [-0.1, -0.05) is 97.8 Å². The van der Waals surface area contributed by atoms with E-state index in [-0.39, 0.29) is 30.5 Å². The Morgan fingerprint density at radius 3 is 2.26 bits per heavy atom. The summed E-state index contributed by atoms with van der Waals surface area (Å²) in [5.74, 6) is -1.45. The van der Waals surface area contributed by atoms with E-state index in [1.165, 1.54) is 11.0 Å². The smallest absolute Gasteiger partial charge is 0.244 e. The average molecular weight is 602 g/mol. The molecule has 1 N–H and O–H groups in total. The van der Waals surface area contributed by atoms with Crippen LogP contribution < -0.4 is 9.62 Å². The molecule has 0 aromatic heterocycles. The Labute approximate surface area is 252 Å². The fraction of sp³-hybridized carbons (Fsp3) is 0.294. The highest BCUT2D eigenvalue weighted by atomic mass is 32.2. The van der Waals surface area contributed by atoms with Crippen LogP contribution in [-0.2, 0) is 32.6 Å². The summed E-state index contributed by atoms with van der Waals surface area (Å²) < 4.78 is 42.4. The molecular formula is C34H36FN3O4S. The predicted octanol–water partition coefficient (Wildman–Crippen LogP) is 5.44. The second-order valence-electron chi connectivity index (χ2n) is 11.1. The van der Waals surface area contributed by atoms with Crippen molar-refractivity contribution in [3.05, 3.63) is 114 Å². The number of benzene rings is 4. The normalized spacial score (nSPS) is 14.4. The number of amides is 2. The van der Waals surface area contributed by atoms with Gasteiger partial charge in [0.25, 0.3) is 0 Å². The van der Waals surface area contributed by atoms with Gasteiger partial charge in [-0.3, -0.25) is 13.9 Å². The van der Waals surface area contributed by atoms with E-state index in [4.69, 9.17) is 0 Å². The van der Waals surface area contributed by atoms with Gasteiger partial charge in [-0.25, -0.2) is 12.8 Å². The van der Waals surface area contributed by atoms with Crippen molar-refractivity contribution in [2.24, 2.45) is 0 Å². The van der Waals surface area contributed by atoms with Crippen molar-refractivity contribution in [1.29, 1.82) is 0 Å². The van der Waals surface area contributed by atoms with E-state index in [2.05, 4.69) is 5.32 Å². The number of fused-ring (bicyclic) bond motifs is 1. The first kappa shape index (κ1) is 30.2. The van der Waals surface area contributed by atoms with E-state index in [0.717, 1.165) is 47.2 Å². The second kappa shape index (κ2) is 13.4. The summed E-state index contributed by atoms with van der Waals surface area (Å²) in [6.45, 7) is -0.752. The van der Waals surface area contributed by atoms with E-state index in [9.17, 15) is 22.4 Å². The topological polar surface area (TPSA) is 86.8 Å². The largest absolute Gasteiger partial charge is 0.352 e. The van der Waals surface area contributed by atoms with E-state index in [1.807, 2.05) is 54.6 Å². The summed E-state index contributed by atoms with van der Waals surface area (Å²) in [7, 11) is -3.93. The monoisotopic (exact) mass is 601 g/mol. The molecule has 0 saturated heterocycles. The summed E-state index contributed by atoms with van der Waals surface area (Å²) in [5, 5.41) is 4.61. The Morgan fingerprint density at radius 2 is 1.53 bits per heavy atom. The third-order valence-corrected chi connectivity index (χ3v) is 9.11. The summed E-state index contributed by atoms with van der Waals surface area (Å²) in [4.78, 5) is 29.6. The maximum atomic E-state index is 15.0. The molecule has 5 rings (SSSR count). The second-order valence-corrected chi connectivity index (χ2v) is 13.0. The Bertz CT molecular complexity index is 1690. The van der Waals surface area contributed by atoms with Crippen molar-refractivity contribution in [2.45, 2.75) is 50.7 Å². The molecule has 1 fully saturated rings. The number of halogens is 1. The average Bonchev–Trinajstić information content (AvgIpc) is 3.51. The van der Waals surface area contributed by atoms with Gasteiger partial charge in [0.05, 0.1) is 11.9 Å². The zero-order valence-corrected chi connectivity index (χ0v) is 25.0. The molecule has 4 aromatic carbocycles. The Kier molecular flexibility index (Phi) is 9.40. The molecule has 1 saturated carbocycles. The highest BCUT2D eigenvalue weighted by Crippen LogP contribution is 2.29. The van der Waals surface area contributed by atoms with Crippen molar-refractivity contribution in [3.8, 4) is 0 Å². The van der Waals surface area contributed by atoms with Gasteiger partial charge in [-0.15, -0.1) is 0 Å². The van der Waals surface area contributed by atoms with Gasteiger partial charge in [-0.2, -0.15) is 0 Å². The van der Waals surface area contributed by atoms with Crippen molar-refractivity contribution in [2.75, 3.05) is 17.1 Å². The van der Waals surface area contributed by atoms with Crippen LogP contribution in [0.5, 0.6) is 0 Å². The van der Waals surface area contributed by atoms with Crippen LogP contribution in [-0.4, -0.2) is 50.0 Å². The van der Waals surface area contributed by atoms with Gasteiger partial charge < -0.3 is 10.2 Å². The number of sulfonamides is 1. The standard InChI is InChI=1S/C34H36FN3O4S/c1-43(41,42)38(31-21-11-16-26-14-5-9-19-29(26)31)24-33(39)37(23-27-15-6-10-20-30(27)35)32(22-25-12-3-2-4-13-25)34(40)36-28-17-7-8-18-28/h2-6,9-16,19-21,28,32H,7-8,17-18,22-24H2,1H3,(H,36,40)/t32-/m0/s1. The number of rotatable bonds is 11. The maximum absolute atomic E-state index is 15.0. The quantitative estimate of drug-likeness (QED) is 0.248. The van der Waals surface area contributed by atoms with Gasteiger partial charge in [0.2, 0.25) is 21.8 Å². The summed E-state index contributed by atoms with van der Waals surface area (Å²) in [6, 6.07) is 27.1. The first-order chi connectivity index (χ1) is 20.7. The lowest BCUT2D eigenvalue weighted by atomic mass is 10.0. The number of carbonyl (C=O) groups excluding carboxylic acids is 2. The third kappa shape index (κ3) is 7.40. The molecule has 1 aliphatic carbocycles. The molecule has 4 aromatic rings. The van der Waals surface area contributed by atoms with Gasteiger partial charge in [0, 0.05) is 30.0 Å². The molecule has 7 nitrogen and oxygen atoms in total. The fourth-order valence-electron chi connectivity index (χ4n) is 5.75. The minimum Gasteiger partial charge on any atom is -0.352 e. The highest BCUT2D eigenvalue weighted by Gasteiger charge is 2.35. The number of carbonyl (C=O) groups is 2. The summed E-state index contributed by atoms with van der Waals surface area (Å²) in [5.41, 5.74) is 1.42. The maximum Gasteiger partial charge on any atom is 0.244 e. The summed E-state index contributed by atoms with van der Waals surface area (Å²) in [6.07, 6.45) is 4.98. The van der Waals surface area contributed by atoms with E-state index < -0.39 is 34.3 Å². The first-order valence-electron chi connectivity index (χ1n) is 14.5. The lowest BCUT2D eigenvalue weighted by Gasteiger charge is -2.34. The number of anilines is 1.